The van der Waals surface area contributed by atoms with E-state index in [4.69, 9.17) is 0 Å². The Morgan fingerprint density at radius 1 is 1.07 bits per heavy atom. The number of carbonyl (C=O) groups is 1. The summed E-state index contributed by atoms with van der Waals surface area (Å²) in [5.41, 5.74) is 3.32. The quantitative estimate of drug-likeness (QED) is 0.745. The predicted octanol–water partition coefficient (Wildman–Crippen LogP) is 2.33. The number of carbonyl (C=O) groups excluding carboxylic acids is 1. The van der Waals surface area contributed by atoms with Crippen LogP contribution in [0.3, 0.4) is 0 Å². The largest absolute Gasteiger partial charge is 0.322 e. The van der Waals surface area contributed by atoms with Crippen LogP contribution in [0.5, 0.6) is 0 Å². The number of aryl methyl sites for hydroxylation is 1. The molecule has 1 unspecified atom stereocenters. The molecule has 8 nitrogen and oxygen atoms in total. The van der Waals surface area contributed by atoms with Crippen LogP contribution in [0.1, 0.15) is 28.4 Å². The summed E-state index contributed by atoms with van der Waals surface area (Å²) in [7, 11) is -6.84. The molecule has 0 radical (unpaired) electrons. The molecule has 3 rings (SSSR count). The number of nitrogens with zero attached hydrogens (tertiary/aromatic N) is 1. The molecule has 29 heavy (non-hydrogen) atoms. The first-order valence-corrected chi connectivity index (χ1v) is 12.6. The van der Waals surface area contributed by atoms with Crippen molar-refractivity contribution in [2.75, 3.05) is 26.9 Å². The van der Waals surface area contributed by atoms with E-state index in [0.717, 1.165) is 17.4 Å². The molecule has 0 fully saturated rings. The van der Waals surface area contributed by atoms with Crippen LogP contribution in [0, 0.1) is 6.92 Å². The Bertz CT molecular complexity index is 1190. The number of rotatable bonds is 5. The Morgan fingerprint density at radius 3 is 2.38 bits per heavy atom. The molecule has 2 aromatic carbocycles. The molecular formula is C19H23N3O5S2. The van der Waals surface area contributed by atoms with Gasteiger partial charge in [-0.3, -0.25) is 13.8 Å². The first kappa shape index (κ1) is 21.1. The van der Waals surface area contributed by atoms with Crippen molar-refractivity contribution in [2.45, 2.75) is 26.3 Å². The van der Waals surface area contributed by atoms with Gasteiger partial charge in [-0.25, -0.2) is 16.8 Å². The zero-order valence-corrected chi connectivity index (χ0v) is 18.2. The van der Waals surface area contributed by atoms with Gasteiger partial charge in [0.05, 0.1) is 23.9 Å². The molecule has 10 heteroatoms. The smallest absolute Gasteiger partial charge is 0.255 e. The minimum Gasteiger partial charge on any atom is -0.322 e. The third-order valence-electron chi connectivity index (χ3n) is 4.64. The van der Waals surface area contributed by atoms with Gasteiger partial charge in [0.2, 0.25) is 20.0 Å². The summed E-state index contributed by atoms with van der Waals surface area (Å²) >= 11 is 0. The van der Waals surface area contributed by atoms with Crippen LogP contribution >= 0.6 is 0 Å². The highest BCUT2D eigenvalue weighted by molar-refractivity contribution is 7.92. The highest BCUT2D eigenvalue weighted by atomic mass is 32.2. The fourth-order valence-corrected chi connectivity index (χ4v) is 5.35. The summed E-state index contributed by atoms with van der Waals surface area (Å²) in [5.74, 6) is -0.368. The van der Waals surface area contributed by atoms with E-state index < -0.39 is 20.0 Å². The monoisotopic (exact) mass is 437 g/mol. The number of amides is 1. The summed E-state index contributed by atoms with van der Waals surface area (Å²) in [6.45, 7) is 3.58. The molecular weight excluding hydrogens is 414 g/mol. The van der Waals surface area contributed by atoms with Gasteiger partial charge in [0.15, 0.2) is 0 Å². The highest BCUT2D eigenvalue weighted by Crippen LogP contribution is 2.35. The van der Waals surface area contributed by atoms with Crippen LogP contribution in [-0.2, 0) is 26.5 Å². The Kier molecular flexibility index (Phi) is 5.35. The molecule has 0 saturated heterocycles. The molecule has 0 saturated carbocycles. The molecule has 0 bridgehead atoms. The SMILES string of the molecule is Cc1ccc(NC(=O)c2ccc3c(c2)CC(C)N3S(C)(=O)=O)cc1NS(C)(=O)=O. The Hall–Kier alpha value is -2.59. The Balaban J connectivity index is 1.85. The number of benzene rings is 2. The summed E-state index contributed by atoms with van der Waals surface area (Å²) in [6.07, 6.45) is 2.75. The van der Waals surface area contributed by atoms with E-state index in [9.17, 15) is 21.6 Å². The topological polar surface area (TPSA) is 113 Å². The van der Waals surface area contributed by atoms with Crippen LogP contribution in [-0.4, -0.2) is 41.3 Å². The van der Waals surface area contributed by atoms with Crippen LogP contribution in [0.15, 0.2) is 36.4 Å². The first-order valence-electron chi connectivity index (χ1n) is 8.87. The van der Waals surface area contributed by atoms with Gasteiger partial charge in [-0.05, 0) is 61.7 Å². The minimum absolute atomic E-state index is 0.208. The van der Waals surface area contributed by atoms with Crippen LogP contribution in [0.2, 0.25) is 0 Å². The Morgan fingerprint density at radius 2 is 1.76 bits per heavy atom. The van der Waals surface area contributed by atoms with Gasteiger partial charge in [-0.1, -0.05) is 6.07 Å². The third kappa shape index (κ3) is 4.70. The molecule has 0 spiro atoms. The first-order chi connectivity index (χ1) is 13.3. The summed E-state index contributed by atoms with van der Waals surface area (Å²) < 4.78 is 50.8. The predicted molar refractivity (Wildman–Crippen MR) is 115 cm³/mol. The lowest BCUT2D eigenvalue weighted by atomic mass is 10.1. The second-order valence-electron chi connectivity index (χ2n) is 7.31. The van der Waals surface area contributed by atoms with Crippen molar-refractivity contribution in [3.63, 3.8) is 0 Å². The van der Waals surface area contributed by atoms with Gasteiger partial charge in [-0.2, -0.15) is 0 Å². The molecule has 1 heterocycles. The second kappa shape index (κ2) is 7.34. The lowest BCUT2D eigenvalue weighted by Gasteiger charge is -2.21. The number of sulfonamides is 2. The van der Waals surface area contributed by atoms with E-state index >= 15 is 0 Å². The maximum atomic E-state index is 12.7. The summed E-state index contributed by atoms with van der Waals surface area (Å²) in [6, 6.07) is 9.64. The molecule has 1 aliphatic rings. The van der Waals surface area contributed by atoms with E-state index in [1.165, 1.54) is 10.6 Å². The highest BCUT2D eigenvalue weighted by Gasteiger charge is 2.32. The van der Waals surface area contributed by atoms with Gasteiger partial charge in [0.1, 0.15) is 0 Å². The maximum absolute atomic E-state index is 12.7. The molecule has 0 aliphatic carbocycles. The summed E-state index contributed by atoms with van der Waals surface area (Å²) in [4.78, 5) is 12.7. The van der Waals surface area contributed by atoms with E-state index in [-0.39, 0.29) is 11.9 Å². The number of hydrogen-bond acceptors (Lipinski definition) is 5. The van der Waals surface area contributed by atoms with Crippen molar-refractivity contribution in [1.82, 2.24) is 0 Å². The average molecular weight is 438 g/mol. The molecule has 1 aliphatic heterocycles. The van der Waals surface area contributed by atoms with Crippen LogP contribution in [0.4, 0.5) is 17.1 Å². The van der Waals surface area contributed by atoms with Crippen molar-refractivity contribution >= 4 is 43.0 Å². The molecule has 1 atom stereocenters. The van der Waals surface area contributed by atoms with Gasteiger partial charge < -0.3 is 5.32 Å². The van der Waals surface area contributed by atoms with Crippen molar-refractivity contribution < 1.29 is 21.6 Å². The number of nitrogens with one attached hydrogen (secondary N) is 2. The molecule has 1 amide bonds. The van der Waals surface area contributed by atoms with Crippen LogP contribution < -0.4 is 14.3 Å². The van der Waals surface area contributed by atoms with Gasteiger partial charge in [-0.15, -0.1) is 0 Å². The van der Waals surface area contributed by atoms with Gasteiger partial charge >= 0.3 is 0 Å². The van der Waals surface area contributed by atoms with E-state index in [1.807, 2.05) is 6.92 Å². The van der Waals surface area contributed by atoms with Crippen molar-refractivity contribution in [3.8, 4) is 0 Å². The Labute approximate surface area is 171 Å². The second-order valence-corrected chi connectivity index (χ2v) is 10.9. The van der Waals surface area contributed by atoms with Crippen molar-refractivity contribution in [3.05, 3.63) is 53.1 Å². The van der Waals surface area contributed by atoms with Crippen molar-refractivity contribution in [2.24, 2.45) is 0 Å². The average Bonchev–Trinajstić information content (AvgIpc) is 2.91. The lowest BCUT2D eigenvalue weighted by molar-refractivity contribution is 0.102. The van der Waals surface area contributed by atoms with Crippen molar-refractivity contribution in [1.29, 1.82) is 0 Å². The van der Waals surface area contributed by atoms with E-state index in [0.29, 0.717) is 29.0 Å². The number of hydrogen-bond donors (Lipinski definition) is 2. The molecule has 156 valence electrons. The normalized spacial score (nSPS) is 16.4. The molecule has 2 aromatic rings. The van der Waals surface area contributed by atoms with Gasteiger partial charge in [0, 0.05) is 17.3 Å². The molecule has 2 N–H and O–H groups in total. The number of fused-ring (bicyclic) bond motifs is 1. The lowest BCUT2D eigenvalue weighted by Crippen LogP contribution is -2.34. The van der Waals surface area contributed by atoms with Gasteiger partial charge in [0.25, 0.3) is 5.91 Å². The number of anilines is 3. The third-order valence-corrected chi connectivity index (χ3v) is 6.50. The minimum atomic E-state index is -3.44. The standard InChI is InChI=1S/C19H23N3O5S2/c1-12-5-7-16(11-17(12)21-28(3,24)25)20-19(23)14-6-8-18-15(10-14)9-13(2)22(18)29(4,26)27/h5-8,10-11,13,21H,9H2,1-4H3,(H,20,23). The van der Waals surface area contributed by atoms with Crippen LogP contribution in [0.25, 0.3) is 0 Å². The van der Waals surface area contributed by atoms with E-state index in [1.54, 1.807) is 43.3 Å². The molecule has 0 aromatic heterocycles. The fourth-order valence-electron chi connectivity index (χ4n) is 3.46. The van der Waals surface area contributed by atoms with E-state index in [2.05, 4.69) is 10.0 Å². The maximum Gasteiger partial charge on any atom is 0.255 e. The zero-order chi connectivity index (χ0) is 21.6. The summed E-state index contributed by atoms with van der Waals surface area (Å²) in [5, 5.41) is 2.75. The fraction of sp³-hybridized carbons (Fsp3) is 0.316. The zero-order valence-electron chi connectivity index (χ0n) is 16.6.